The van der Waals surface area contributed by atoms with Crippen LogP contribution in [0.5, 0.6) is 0 Å². The molecule has 0 bridgehead atoms. The van der Waals surface area contributed by atoms with E-state index in [0.29, 0.717) is 24.5 Å². The van der Waals surface area contributed by atoms with Gasteiger partial charge in [0.1, 0.15) is 0 Å². The molecule has 16 nitrogen and oxygen atoms in total. The first kappa shape index (κ1) is 55.5. The molecule has 6 rings (SSSR count). The van der Waals surface area contributed by atoms with Gasteiger partial charge in [-0.1, -0.05) is 56.0 Å². The number of alkyl halides is 2. The van der Waals surface area contributed by atoms with E-state index >= 15 is 0 Å². The Labute approximate surface area is 413 Å². The van der Waals surface area contributed by atoms with Gasteiger partial charge in [0.05, 0.1) is 45.0 Å². The number of benzene rings is 4. The minimum absolute atomic E-state index is 0. The predicted molar refractivity (Wildman–Crippen MR) is 273 cm³/mol. The van der Waals surface area contributed by atoms with E-state index in [0.717, 1.165) is 39.0 Å². The van der Waals surface area contributed by atoms with E-state index < -0.39 is 11.6 Å². The van der Waals surface area contributed by atoms with Crippen LogP contribution in [0.25, 0.3) is 0 Å². The summed E-state index contributed by atoms with van der Waals surface area (Å²) in [4.78, 5) is 107. The smallest absolute Gasteiger partial charge is 0.225 e. The Hall–Kier alpha value is -6.14. The van der Waals surface area contributed by atoms with E-state index in [-0.39, 0.29) is 136 Å². The van der Waals surface area contributed by atoms with Gasteiger partial charge < -0.3 is 41.7 Å². The second kappa shape index (κ2) is 27.2. The zero-order valence-corrected chi connectivity index (χ0v) is 40.3. The molecule has 2 aliphatic rings. The summed E-state index contributed by atoms with van der Waals surface area (Å²) in [6.07, 6.45) is 2.56. The van der Waals surface area contributed by atoms with Gasteiger partial charge in [-0.05, 0) is 91.5 Å². The van der Waals surface area contributed by atoms with Crippen molar-refractivity contribution in [3.63, 3.8) is 0 Å². The number of ketones is 4. The zero-order valence-electron chi connectivity index (χ0n) is 38.7. The first-order valence-corrected chi connectivity index (χ1v) is 23.5. The van der Waals surface area contributed by atoms with Crippen LogP contribution in [0.4, 0.5) is 22.7 Å². The van der Waals surface area contributed by atoms with E-state index in [4.69, 9.17) is 23.2 Å². The minimum Gasteiger partial charge on any atom is -0.325 e. The highest BCUT2D eigenvalue weighted by Gasteiger charge is 2.36. The van der Waals surface area contributed by atoms with Crippen LogP contribution >= 0.6 is 23.2 Å². The number of fused-ring (bicyclic) bond motifs is 4. The molecule has 0 aliphatic heterocycles. The molecule has 0 atom stereocenters. The molecule has 0 heterocycles. The van der Waals surface area contributed by atoms with Crippen molar-refractivity contribution in [2.24, 2.45) is 0 Å². The van der Waals surface area contributed by atoms with Crippen molar-refractivity contribution in [2.45, 2.75) is 46.0 Å². The fourth-order valence-electron chi connectivity index (χ4n) is 7.62. The van der Waals surface area contributed by atoms with Crippen LogP contribution in [0.15, 0.2) is 72.8 Å². The summed E-state index contributed by atoms with van der Waals surface area (Å²) in [5.74, 6) is -2.49. The maximum atomic E-state index is 13.7. The van der Waals surface area contributed by atoms with Crippen molar-refractivity contribution in [1.82, 2.24) is 20.4 Å². The molecule has 0 spiro atoms. The Morgan fingerprint density at radius 2 is 0.696 bits per heavy atom. The van der Waals surface area contributed by atoms with E-state index in [1.165, 1.54) is 12.1 Å². The molecule has 4 amide bonds. The van der Waals surface area contributed by atoms with E-state index in [2.05, 4.69) is 41.7 Å². The second-order valence-electron chi connectivity index (χ2n) is 16.6. The molecule has 2 aliphatic carbocycles. The first-order chi connectivity index (χ1) is 32.7. The number of carbonyl (C=O) groups excluding carboxylic acids is 8. The zero-order chi connectivity index (χ0) is 49.3. The first-order valence-electron chi connectivity index (χ1n) is 22.4. The Kier molecular flexibility index (Phi) is 21.8. The molecule has 368 valence electrons. The van der Waals surface area contributed by atoms with Gasteiger partial charge in [0, 0.05) is 72.8 Å². The fourth-order valence-corrected chi connectivity index (χ4v) is 7.96. The summed E-state index contributed by atoms with van der Waals surface area (Å²) in [7, 11) is 8.07. The number of rotatable bonds is 22. The lowest BCUT2D eigenvalue weighted by Crippen LogP contribution is -2.28. The Balaban J connectivity index is 0.000000314. The highest BCUT2D eigenvalue weighted by Crippen LogP contribution is 2.37. The maximum Gasteiger partial charge on any atom is 0.225 e. The third kappa shape index (κ3) is 14.9. The predicted octanol–water partition coefficient (Wildman–Crippen LogP) is 6.43. The van der Waals surface area contributed by atoms with Gasteiger partial charge in [0.2, 0.25) is 23.6 Å². The van der Waals surface area contributed by atoms with Gasteiger partial charge in [-0.25, -0.2) is 0 Å². The second-order valence-corrected chi connectivity index (χ2v) is 17.4. The van der Waals surface area contributed by atoms with Crippen LogP contribution in [0, 0.1) is 0 Å². The van der Waals surface area contributed by atoms with Gasteiger partial charge in [-0.2, -0.15) is 0 Å². The highest BCUT2D eigenvalue weighted by atomic mass is 35.5. The van der Waals surface area contributed by atoms with Gasteiger partial charge in [0.15, 0.2) is 23.1 Å². The summed E-state index contributed by atoms with van der Waals surface area (Å²) < 4.78 is 0. The monoisotopic (exact) mass is 984 g/mol. The van der Waals surface area contributed by atoms with Crippen LogP contribution in [0.2, 0.25) is 0 Å². The van der Waals surface area contributed by atoms with Crippen molar-refractivity contribution < 1.29 is 38.4 Å². The lowest BCUT2D eigenvalue weighted by Gasteiger charge is -2.22. The number of halogens is 2. The number of hydrogen-bond donors (Lipinski definition) is 6. The quantitative estimate of drug-likeness (QED) is 0.0321. The van der Waals surface area contributed by atoms with Crippen molar-refractivity contribution in [2.75, 3.05) is 100 Å². The molecule has 4 aromatic rings. The van der Waals surface area contributed by atoms with Crippen LogP contribution in [0.3, 0.4) is 0 Å². The lowest BCUT2D eigenvalue weighted by atomic mass is 9.82. The number of carbonyl (C=O) groups is 8. The molecular weight excluding hydrogens is 924 g/mol. The lowest BCUT2D eigenvalue weighted by molar-refractivity contribution is -0.116. The van der Waals surface area contributed by atoms with Gasteiger partial charge in [-0.3, -0.25) is 38.4 Å². The van der Waals surface area contributed by atoms with E-state index in [9.17, 15) is 38.4 Å². The van der Waals surface area contributed by atoms with Crippen molar-refractivity contribution in [1.29, 1.82) is 0 Å². The Bertz CT molecular complexity index is 2380. The number of hydrogen-bond acceptors (Lipinski definition) is 12. The molecule has 0 saturated heterocycles. The van der Waals surface area contributed by atoms with Crippen LogP contribution in [-0.4, -0.2) is 136 Å². The number of anilines is 4. The standard InChI is InChI=1S/C30H42N6O4.C20H16Cl2N2O4.CH4/c1-35(2)19-7-15-31-17-13-25(37)33-23-11-5-9-21-27(23)30(40)28-22(29(21)39)10-6-12-24(28)34-26(38)14-18-32-16-8-20-36(3)4;21-9-7-15(25)23-13-5-1-3-11-17(13)20(28)18-12(19(11)27)4-2-6-14(18)24-16(26)8-10-22;/h5-6,9-12,31-32H,7-8,13-20H2,1-4H3,(H,33,37)(H,34,38);1-6H,7-10H2,(H,23,25)(H,24,26);1H4. The summed E-state index contributed by atoms with van der Waals surface area (Å²) in [5.41, 5.74) is 2.43. The fraction of sp³-hybridized carbons (Fsp3) is 0.373. The summed E-state index contributed by atoms with van der Waals surface area (Å²) in [6, 6.07) is 19.1. The summed E-state index contributed by atoms with van der Waals surface area (Å²) in [6.45, 7) is 4.54. The SMILES string of the molecule is C.CN(C)CCCNCCC(=O)Nc1cccc2c1C(=O)c1c(NC(=O)CCNCCCN(C)C)cccc1C2=O.O=C(CCCl)Nc1cccc2c1C(=O)c1c(NC(=O)CCCl)cccc1C2=O. The van der Waals surface area contributed by atoms with Crippen molar-refractivity contribution >= 4 is 92.7 Å². The molecule has 0 fully saturated rings. The number of amides is 4. The van der Waals surface area contributed by atoms with Crippen molar-refractivity contribution in [3.05, 3.63) is 117 Å². The topological polar surface area (TPSA) is 215 Å². The van der Waals surface area contributed by atoms with E-state index in [1.807, 2.05) is 28.2 Å². The number of nitrogens with zero attached hydrogens (tertiary/aromatic N) is 2. The molecule has 0 aromatic heterocycles. The van der Waals surface area contributed by atoms with Crippen molar-refractivity contribution in [3.8, 4) is 0 Å². The van der Waals surface area contributed by atoms with Crippen LogP contribution < -0.4 is 31.9 Å². The number of nitrogens with one attached hydrogen (secondary N) is 6. The average molecular weight is 986 g/mol. The average Bonchev–Trinajstić information content (AvgIpc) is 3.29. The Morgan fingerprint density at radius 3 is 0.957 bits per heavy atom. The highest BCUT2D eigenvalue weighted by molar-refractivity contribution is 6.34. The molecule has 0 radical (unpaired) electrons. The van der Waals surface area contributed by atoms with Gasteiger partial charge in [-0.15, -0.1) is 23.2 Å². The van der Waals surface area contributed by atoms with Crippen LogP contribution in [-0.2, 0) is 19.2 Å². The van der Waals surface area contributed by atoms with Gasteiger partial charge >= 0.3 is 0 Å². The minimum atomic E-state index is -0.451. The third-order valence-corrected chi connectivity index (χ3v) is 11.2. The van der Waals surface area contributed by atoms with Gasteiger partial charge in [0.25, 0.3) is 0 Å². The van der Waals surface area contributed by atoms with Crippen LogP contribution in [0.1, 0.15) is 110 Å². The molecule has 18 heteroatoms. The molecule has 6 N–H and O–H groups in total. The van der Waals surface area contributed by atoms with E-state index in [1.54, 1.807) is 60.7 Å². The largest absolute Gasteiger partial charge is 0.325 e. The molecule has 4 aromatic carbocycles. The summed E-state index contributed by atoms with van der Waals surface area (Å²) in [5, 5.41) is 17.4. The summed E-state index contributed by atoms with van der Waals surface area (Å²) >= 11 is 11.2. The molecular formula is C51H62Cl2N8O8. The Morgan fingerprint density at radius 1 is 0.420 bits per heavy atom. The molecule has 0 saturated carbocycles. The normalized spacial score (nSPS) is 12.2. The maximum absolute atomic E-state index is 13.7. The molecule has 69 heavy (non-hydrogen) atoms. The third-order valence-electron chi connectivity index (χ3n) is 10.9. The molecule has 0 unspecified atom stereocenters.